The smallest absolute Gasteiger partial charge is 0.356 e. The van der Waals surface area contributed by atoms with Crippen LogP contribution < -0.4 is 5.30 Å². The van der Waals surface area contributed by atoms with Gasteiger partial charge in [0, 0.05) is 0 Å². The van der Waals surface area contributed by atoms with Crippen LogP contribution in [0.25, 0.3) is 0 Å². The largest absolute Gasteiger partial charge is 0.412 e. The minimum absolute atomic E-state index is 0. The zero-order valence-electron chi connectivity index (χ0n) is 6.56. The molecule has 0 aliphatic heterocycles. The van der Waals surface area contributed by atoms with Crippen LogP contribution in [-0.4, -0.2) is 15.3 Å². The van der Waals surface area contributed by atoms with Crippen LogP contribution in [-0.2, 0) is 4.57 Å². The van der Waals surface area contributed by atoms with Crippen LogP contribution in [0.15, 0.2) is 24.3 Å². The van der Waals surface area contributed by atoms with Gasteiger partial charge in [-0.2, -0.15) is 0 Å². The number of hydrogen-bond donors (Lipinski definition) is 2. The van der Waals surface area contributed by atoms with E-state index >= 15 is 0 Å². The van der Waals surface area contributed by atoms with Crippen LogP contribution in [0, 0.1) is 6.92 Å². The van der Waals surface area contributed by atoms with Crippen molar-refractivity contribution in [3.05, 3.63) is 29.8 Å². The molecule has 0 bridgehead atoms. The van der Waals surface area contributed by atoms with Crippen LogP contribution in [0.2, 0.25) is 0 Å². The molecule has 0 unspecified atom stereocenters. The van der Waals surface area contributed by atoms with Crippen LogP contribution in [0.3, 0.4) is 0 Å². The molecule has 12 heavy (non-hydrogen) atoms. The molecule has 1 aromatic carbocycles. The summed E-state index contributed by atoms with van der Waals surface area (Å²) in [6.45, 7) is 1.86. The van der Waals surface area contributed by atoms with E-state index in [4.69, 9.17) is 9.79 Å². The molecule has 0 heterocycles. The molecule has 0 aromatic heterocycles. The van der Waals surface area contributed by atoms with Gasteiger partial charge in [0.1, 0.15) is 0 Å². The molecule has 0 saturated carbocycles. The minimum Gasteiger partial charge on any atom is -0.412 e. The van der Waals surface area contributed by atoms with E-state index in [1.54, 1.807) is 12.1 Å². The zero-order chi connectivity index (χ0) is 8.48. The molecule has 0 spiro atoms. The van der Waals surface area contributed by atoms with Gasteiger partial charge in [0.05, 0.1) is 5.30 Å². The highest BCUT2D eigenvalue weighted by Gasteiger charge is 2.15. The maximum atomic E-state index is 10.6. The Hall–Kier alpha value is -0.670. The van der Waals surface area contributed by atoms with Gasteiger partial charge in [0.25, 0.3) is 0 Å². The van der Waals surface area contributed by atoms with Crippen molar-refractivity contribution in [1.82, 2.24) is 0 Å². The fourth-order valence-corrected chi connectivity index (χ4v) is 1.28. The molecule has 0 amide bonds. The third-order valence-electron chi connectivity index (χ3n) is 1.37. The van der Waals surface area contributed by atoms with Crippen LogP contribution in [0.1, 0.15) is 5.56 Å². The van der Waals surface area contributed by atoms with Gasteiger partial charge in [-0.15, -0.1) is 0 Å². The van der Waals surface area contributed by atoms with Crippen LogP contribution in [0.5, 0.6) is 0 Å². The van der Waals surface area contributed by atoms with E-state index in [1.807, 2.05) is 6.92 Å². The lowest BCUT2D eigenvalue weighted by atomic mass is 10.2. The Balaban J connectivity index is 0.00000121. The first-order valence-electron chi connectivity index (χ1n) is 3.13. The molecular formula is C7H11O4P. The summed E-state index contributed by atoms with van der Waals surface area (Å²) in [5.74, 6) is 0. The van der Waals surface area contributed by atoms with Gasteiger partial charge in [-0.05, 0) is 19.1 Å². The van der Waals surface area contributed by atoms with Crippen molar-refractivity contribution in [1.29, 1.82) is 0 Å². The molecule has 0 fully saturated rings. The predicted octanol–water partition coefficient (Wildman–Crippen LogP) is -0.0267. The van der Waals surface area contributed by atoms with E-state index in [0.29, 0.717) is 0 Å². The fourth-order valence-electron chi connectivity index (χ4n) is 0.739. The average molecular weight is 190 g/mol. The average Bonchev–Trinajstić information content (AvgIpc) is 1.86. The van der Waals surface area contributed by atoms with E-state index in [1.165, 1.54) is 12.1 Å². The highest BCUT2D eigenvalue weighted by Crippen LogP contribution is 2.32. The summed E-state index contributed by atoms with van der Waals surface area (Å²) in [5.41, 5.74) is 0.988. The van der Waals surface area contributed by atoms with Crippen LogP contribution in [0.4, 0.5) is 0 Å². The standard InChI is InChI=1S/C7H9O3P.H2O/c1-6-2-4-7(5-3-6)11(8,9)10;/h2-5H,1H3,(H2,8,9,10);1H2. The Kier molecular flexibility index (Phi) is 3.61. The van der Waals surface area contributed by atoms with E-state index in [9.17, 15) is 4.57 Å². The predicted molar refractivity (Wildman–Crippen MR) is 46.5 cm³/mol. The van der Waals surface area contributed by atoms with Gasteiger partial charge in [-0.1, -0.05) is 17.7 Å². The number of rotatable bonds is 1. The summed E-state index contributed by atoms with van der Waals surface area (Å²) in [6.07, 6.45) is 0. The summed E-state index contributed by atoms with van der Waals surface area (Å²) in [6, 6.07) is 6.23. The number of hydrogen-bond acceptors (Lipinski definition) is 1. The maximum Gasteiger partial charge on any atom is 0.356 e. The van der Waals surface area contributed by atoms with E-state index in [0.717, 1.165) is 5.56 Å². The second-order valence-electron chi connectivity index (χ2n) is 2.38. The van der Waals surface area contributed by atoms with Gasteiger partial charge in [-0.3, -0.25) is 4.57 Å². The monoisotopic (exact) mass is 190 g/mol. The maximum absolute atomic E-state index is 10.6. The topological polar surface area (TPSA) is 89.0 Å². The first-order valence-corrected chi connectivity index (χ1v) is 4.74. The van der Waals surface area contributed by atoms with Gasteiger partial charge in [0.2, 0.25) is 0 Å². The Morgan fingerprint density at radius 2 is 1.58 bits per heavy atom. The minimum atomic E-state index is -4.04. The summed E-state index contributed by atoms with van der Waals surface area (Å²) >= 11 is 0. The summed E-state index contributed by atoms with van der Waals surface area (Å²) in [5, 5.41) is 0.0723. The van der Waals surface area contributed by atoms with E-state index in [2.05, 4.69) is 0 Å². The van der Waals surface area contributed by atoms with Crippen molar-refractivity contribution < 1.29 is 19.8 Å². The van der Waals surface area contributed by atoms with E-state index in [-0.39, 0.29) is 10.8 Å². The molecule has 5 heteroatoms. The second-order valence-corrected chi connectivity index (χ2v) is 3.98. The molecule has 1 rings (SSSR count). The fraction of sp³-hybridized carbons (Fsp3) is 0.143. The molecule has 68 valence electrons. The quantitative estimate of drug-likeness (QED) is 0.609. The molecular weight excluding hydrogens is 179 g/mol. The number of benzene rings is 1. The molecule has 4 nitrogen and oxygen atoms in total. The molecule has 1 aromatic rings. The Morgan fingerprint density at radius 1 is 1.17 bits per heavy atom. The molecule has 4 N–H and O–H groups in total. The normalized spacial score (nSPS) is 10.6. The van der Waals surface area contributed by atoms with Crippen LogP contribution >= 0.6 is 7.60 Å². The molecule has 0 aliphatic rings. The van der Waals surface area contributed by atoms with Gasteiger partial charge in [-0.25, -0.2) is 0 Å². The second kappa shape index (κ2) is 3.83. The van der Waals surface area contributed by atoms with Crippen molar-refractivity contribution in [2.75, 3.05) is 0 Å². The highest BCUT2D eigenvalue weighted by atomic mass is 31.2. The van der Waals surface area contributed by atoms with Gasteiger partial charge < -0.3 is 15.3 Å². The van der Waals surface area contributed by atoms with Gasteiger partial charge >= 0.3 is 7.60 Å². The SMILES string of the molecule is Cc1ccc(P(=O)(O)O)cc1.O. The Bertz CT molecular complexity index is 287. The first-order chi connectivity index (χ1) is 5.00. The molecule has 0 atom stereocenters. The Labute approximate surface area is 70.3 Å². The lowest BCUT2D eigenvalue weighted by Gasteiger charge is -2.02. The van der Waals surface area contributed by atoms with Gasteiger partial charge in [0.15, 0.2) is 0 Å². The third kappa shape index (κ3) is 2.75. The summed E-state index contributed by atoms with van der Waals surface area (Å²) < 4.78 is 10.6. The highest BCUT2D eigenvalue weighted by molar-refractivity contribution is 7.60. The molecule has 0 aliphatic carbocycles. The Morgan fingerprint density at radius 3 is 1.92 bits per heavy atom. The lowest BCUT2D eigenvalue weighted by Crippen LogP contribution is -2.02. The lowest BCUT2D eigenvalue weighted by molar-refractivity contribution is 0.387. The van der Waals surface area contributed by atoms with Crippen molar-refractivity contribution in [2.45, 2.75) is 6.92 Å². The zero-order valence-corrected chi connectivity index (χ0v) is 7.45. The molecule has 0 saturated heterocycles. The first kappa shape index (κ1) is 11.3. The van der Waals surface area contributed by atoms with Crippen molar-refractivity contribution in [2.24, 2.45) is 0 Å². The summed E-state index contributed by atoms with van der Waals surface area (Å²) in [4.78, 5) is 17.4. The summed E-state index contributed by atoms with van der Waals surface area (Å²) in [7, 11) is -4.04. The van der Waals surface area contributed by atoms with Crippen molar-refractivity contribution in [3.8, 4) is 0 Å². The number of aryl methyl sites for hydroxylation is 1. The van der Waals surface area contributed by atoms with Crippen molar-refractivity contribution >= 4 is 12.9 Å². The van der Waals surface area contributed by atoms with E-state index < -0.39 is 7.60 Å². The van der Waals surface area contributed by atoms with Crippen molar-refractivity contribution in [3.63, 3.8) is 0 Å². The molecule has 0 radical (unpaired) electrons. The third-order valence-corrected chi connectivity index (χ3v) is 2.34.